The van der Waals surface area contributed by atoms with Crippen LogP contribution < -0.4 is 10.1 Å². The van der Waals surface area contributed by atoms with Gasteiger partial charge < -0.3 is 14.2 Å². The molecule has 134 valence electrons. The van der Waals surface area contributed by atoms with Crippen LogP contribution in [0.2, 0.25) is 0 Å². The predicted molar refractivity (Wildman–Crippen MR) is 86.9 cm³/mol. The molecule has 1 aromatic rings. The number of hydrogen-bond donors (Lipinski definition) is 1. The van der Waals surface area contributed by atoms with Crippen LogP contribution in [0.3, 0.4) is 0 Å². The van der Waals surface area contributed by atoms with Crippen molar-refractivity contribution in [1.29, 1.82) is 0 Å². The summed E-state index contributed by atoms with van der Waals surface area (Å²) in [6.45, 7) is 5.14. The van der Waals surface area contributed by atoms with Crippen molar-refractivity contribution in [2.45, 2.75) is 31.3 Å². The van der Waals surface area contributed by atoms with E-state index >= 15 is 0 Å². The minimum absolute atomic E-state index is 0.117. The molecule has 9 heteroatoms. The molecule has 0 fully saturated rings. The minimum Gasteiger partial charge on any atom is -0.495 e. The summed E-state index contributed by atoms with van der Waals surface area (Å²) < 4.78 is 38.8. The SMILES string of the molecule is COC(=O)CS(=O)(=O)c1ccc(NC(=O)OC(C)(C)C)c(OC)c1. The van der Waals surface area contributed by atoms with E-state index in [-0.39, 0.29) is 16.3 Å². The Morgan fingerprint density at radius 1 is 1.17 bits per heavy atom. The van der Waals surface area contributed by atoms with E-state index in [2.05, 4.69) is 10.1 Å². The van der Waals surface area contributed by atoms with Gasteiger partial charge in [0.2, 0.25) is 0 Å². The van der Waals surface area contributed by atoms with E-state index in [0.29, 0.717) is 0 Å². The van der Waals surface area contributed by atoms with Gasteiger partial charge in [-0.3, -0.25) is 10.1 Å². The molecule has 1 N–H and O–H groups in total. The zero-order valence-electron chi connectivity index (χ0n) is 14.2. The van der Waals surface area contributed by atoms with Gasteiger partial charge in [0.15, 0.2) is 15.6 Å². The highest BCUT2D eigenvalue weighted by Crippen LogP contribution is 2.28. The van der Waals surface area contributed by atoms with Crippen molar-refractivity contribution < 1.29 is 32.2 Å². The third kappa shape index (κ3) is 5.73. The molecule has 0 atom stereocenters. The second-order valence-corrected chi connectivity index (χ2v) is 7.81. The Kier molecular flexibility index (Phi) is 6.19. The van der Waals surface area contributed by atoms with Crippen molar-refractivity contribution in [3.8, 4) is 5.75 Å². The lowest BCUT2D eigenvalue weighted by molar-refractivity contribution is -0.137. The van der Waals surface area contributed by atoms with Crippen molar-refractivity contribution in [3.05, 3.63) is 18.2 Å². The van der Waals surface area contributed by atoms with Gasteiger partial charge >= 0.3 is 12.1 Å². The first-order valence-electron chi connectivity index (χ1n) is 6.96. The summed E-state index contributed by atoms with van der Waals surface area (Å²) in [5.74, 6) is -1.54. The van der Waals surface area contributed by atoms with E-state index < -0.39 is 33.3 Å². The molecule has 0 radical (unpaired) electrons. The van der Waals surface area contributed by atoms with Crippen LogP contribution in [0.5, 0.6) is 5.75 Å². The maximum Gasteiger partial charge on any atom is 0.412 e. The Morgan fingerprint density at radius 2 is 1.79 bits per heavy atom. The van der Waals surface area contributed by atoms with Crippen LogP contribution in [-0.4, -0.2) is 46.1 Å². The molecule has 24 heavy (non-hydrogen) atoms. The van der Waals surface area contributed by atoms with Crippen molar-refractivity contribution in [3.63, 3.8) is 0 Å². The standard InChI is InChI=1S/C15H21NO7S/c1-15(2,3)23-14(18)16-11-7-6-10(8-12(11)21-4)24(19,20)9-13(17)22-5/h6-8H,9H2,1-5H3,(H,16,18). The van der Waals surface area contributed by atoms with E-state index in [1.54, 1.807) is 20.8 Å². The molecule has 0 bridgehead atoms. The van der Waals surface area contributed by atoms with Crippen LogP contribution in [0.15, 0.2) is 23.1 Å². The number of sulfone groups is 1. The Hall–Kier alpha value is -2.29. The van der Waals surface area contributed by atoms with Crippen molar-refractivity contribution >= 4 is 27.6 Å². The molecule has 0 aliphatic carbocycles. The van der Waals surface area contributed by atoms with Gasteiger partial charge in [0.05, 0.1) is 24.8 Å². The van der Waals surface area contributed by atoms with E-state index in [0.717, 1.165) is 7.11 Å². The fourth-order valence-corrected chi connectivity index (χ4v) is 2.84. The number of carbonyl (C=O) groups excluding carboxylic acids is 2. The highest BCUT2D eigenvalue weighted by molar-refractivity contribution is 7.92. The molecule has 0 spiro atoms. The summed E-state index contributed by atoms with van der Waals surface area (Å²) in [7, 11) is -1.45. The van der Waals surface area contributed by atoms with Gasteiger partial charge in [0.1, 0.15) is 11.4 Å². The summed E-state index contributed by atoms with van der Waals surface area (Å²) in [6.07, 6.45) is -0.703. The molecule has 0 saturated heterocycles. The molecule has 0 unspecified atom stereocenters. The molecule has 0 aliphatic rings. The van der Waals surface area contributed by atoms with Crippen LogP contribution in [-0.2, 0) is 24.1 Å². The summed E-state index contributed by atoms with van der Waals surface area (Å²) >= 11 is 0. The second kappa shape index (κ2) is 7.52. The number of hydrogen-bond acceptors (Lipinski definition) is 7. The summed E-state index contributed by atoms with van der Waals surface area (Å²) in [5, 5.41) is 2.48. The van der Waals surface area contributed by atoms with E-state index in [1.165, 1.54) is 25.3 Å². The third-order valence-electron chi connectivity index (χ3n) is 2.70. The molecular weight excluding hydrogens is 338 g/mol. The number of nitrogens with one attached hydrogen (secondary N) is 1. The summed E-state index contributed by atoms with van der Waals surface area (Å²) in [5.41, 5.74) is -0.440. The monoisotopic (exact) mass is 359 g/mol. The predicted octanol–water partition coefficient (Wildman–Crippen LogP) is 1.99. The first kappa shape index (κ1) is 19.8. The lowest BCUT2D eigenvalue weighted by atomic mass is 10.2. The lowest BCUT2D eigenvalue weighted by Gasteiger charge is -2.20. The maximum atomic E-state index is 12.1. The number of amides is 1. The van der Waals surface area contributed by atoms with Crippen LogP contribution in [0.4, 0.5) is 10.5 Å². The van der Waals surface area contributed by atoms with Gasteiger partial charge in [-0.15, -0.1) is 0 Å². The fourth-order valence-electron chi connectivity index (χ4n) is 1.68. The zero-order chi connectivity index (χ0) is 18.5. The first-order valence-corrected chi connectivity index (χ1v) is 8.61. The molecule has 1 amide bonds. The summed E-state index contributed by atoms with van der Waals surface area (Å²) in [6, 6.07) is 3.82. The Balaban J connectivity index is 3.05. The van der Waals surface area contributed by atoms with Gasteiger partial charge in [-0.2, -0.15) is 0 Å². The zero-order valence-corrected chi connectivity index (χ0v) is 15.0. The topological polar surface area (TPSA) is 108 Å². The average molecular weight is 359 g/mol. The maximum absolute atomic E-state index is 12.1. The second-order valence-electron chi connectivity index (χ2n) is 5.82. The van der Waals surface area contributed by atoms with Gasteiger partial charge in [0.25, 0.3) is 0 Å². The number of rotatable bonds is 5. The summed E-state index contributed by atoms with van der Waals surface area (Å²) in [4.78, 5) is 22.9. The molecule has 0 heterocycles. The highest BCUT2D eigenvalue weighted by Gasteiger charge is 2.22. The molecule has 0 aromatic heterocycles. The number of methoxy groups -OCH3 is 2. The Labute approximate surface area is 141 Å². The van der Waals surface area contributed by atoms with Crippen molar-refractivity contribution in [1.82, 2.24) is 0 Å². The number of carbonyl (C=O) groups is 2. The van der Waals surface area contributed by atoms with E-state index in [1.807, 2.05) is 0 Å². The van der Waals surface area contributed by atoms with Crippen molar-refractivity contribution in [2.75, 3.05) is 25.3 Å². The molecule has 1 aromatic carbocycles. The molecule has 8 nitrogen and oxygen atoms in total. The van der Waals surface area contributed by atoms with Gasteiger partial charge in [-0.25, -0.2) is 13.2 Å². The number of anilines is 1. The highest BCUT2D eigenvalue weighted by atomic mass is 32.2. The third-order valence-corrected chi connectivity index (χ3v) is 4.29. The Morgan fingerprint density at radius 3 is 2.29 bits per heavy atom. The lowest BCUT2D eigenvalue weighted by Crippen LogP contribution is -2.27. The van der Waals surface area contributed by atoms with E-state index in [4.69, 9.17) is 9.47 Å². The van der Waals surface area contributed by atoms with Gasteiger partial charge in [-0.05, 0) is 32.9 Å². The molecule has 1 rings (SSSR count). The molecule has 0 aliphatic heterocycles. The van der Waals surface area contributed by atoms with Crippen LogP contribution in [0.1, 0.15) is 20.8 Å². The van der Waals surface area contributed by atoms with Crippen LogP contribution >= 0.6 is 0 Å². The van der Waals surface area contributed by atoms with Gasteiger partial charge in [-0.1, -0.05) is 0 Å². The molecule has 0 saturated carbocycles. The Bertz CT molecular complexity index is 720. The number of ether oxygens (including phenoxy) is 3. The average Bonchev–Trinajstić information content (AvgIpc) is 2.44. The van der Waals surface area contributed by atoms with Crippen molar-refractivity contribution in [2.24, 2.45) is 0 Å². The van der Waals surface area contributed by atoms with Gasteiger partial charge in [0, 0.05) is 6.07 Å². The minimum atomic E-state index is -3.88. The molecular formula is C15H21NO7S. The number of esters is 1. The largest absolute Gasteiger partial charge is 0.495 e. The van der Waals surface area contributed by atoms with Crippen LogP contribution in [0.25, 0.3) is 0 Å². The number of benzene rings is 1. The normalized spacial score (nSPS) is 11.5. The smallest absolute Gasteiger partial charge is 0.412 e. The van der Waals surface area contributed by atoms with Crippen LogP contribution in [0, 0.1) is 0 Å². The first-order chi connectivity index (χ1) is 11.0. The quantitative estimate of drug-likeness (QED) is 0.801. The fraction of sp³-hybridized carbons (Fsp3) is 0.467. The van der Waals surface area contributed by atoms with E-state index in [9.17, 15) is 18.0 Å².